The van der Waals surface area contributed by atoms with Crippen LogP contribution in [0.2, 0.25) is 5.02 Å². The van der Waals surface area contributed by atoms with Gasteiger partial charge in [0.25, 0.3) is 0 Å². The number of alkyl halides is 3. The first-order chi connectivity index (χ1) is 13.9. The fourth-order valence-electron chi connectivity index (χ4n) is 3.14. The van der Waals surface area contributed by atoms with Gasteiger partial charge in [0.1, 0.15) is 17.6 Å². The van der Waals surface area contributed by atoms with Gasteiger partial charge in [-0.2, -0.15) is 13.2 Å². The molecule has 1 fully saturated rings. The van der Waals surface area contributed by atoms with Crippen molar-refractivity contribution in [1.29, 1.82) is 0 Å². The van der Waals surface area contributed by atoms with Crippen LogP contribution in [0, 0.1) is 0 Å². The Labute approximate surface area is 176 Å². The van der Waals surface area contributed by atoms with E-state index in [2.05, 4.69) is 15.5 Å². The molecule has 0 saturated carbocycles. The van der Waals surface area contributed by atoms with E-state index in [4.69, 9.17) is 16.1 Å². The normalized spacial score (nSPS) is 20.3. The molecule has 1 amide bonds. The Morgan fingerprint density at radius 2 is 2.03 bits per heavy atom. The highest BCUT2D eigenvalue weighted by Crippen LogP contribution is 2.35. The molecule has 2 N–H and O–H groups in total. The maximum Gasteiger partial charge on any atom is 0.417 e. The Morgan fingerprint density at radius 3 is 2.60 bits per heavy atom. The van der Waals surface area contributed by atoms with E-state index in [1.54, 1.807) is 6.07 Å². The zero-order chi connectivity index (χ0) is 22.3. The lowest BCUT2D eigenvalue weighted by Crippen LogP contribution is -2.51. The van der Waals surface area contributed by atoms with Gasteiger partial charge in [-0.25, -0.2) is 4.98 Å². The van der Waals surface area contributed by atoms with Crippen LogP contribution in [0.1, 0.15) is 44.9 Å². The van der Waals surface area contributed by atoms with Crippen LogP contribution in [0.15, 0.2) is 22.9 Å². The average molecular weight is 447 g/mol. The van der Waals surface area contributed by atoms with Crippen LogP contribution in [0.4, 0.5) is 24.8 Å². The minimum absolute atomic E-state index is 0.0484. The number of nitrogens with zero attached hydrogens (tertiary/aromatic N) is 3. The van der Waals surface area contributed by atoms with Gasteiger partial charge in [-0.1, -0.05) is 37.5 Å². The molecule has 1 aliphatic heterocycles. The number of nitrogens with one attached hydrogen (secondary N) is 1. The number of carbonyl (C=O) groups is 1. The van der Waals surface area contributed by atoms with E-state index in [0.717, 1.165) is 6.07 Å². The number of hydrogen-bond acceptors (Lipinski definition) is 6. The van der Waals surface area contributed by atoms with E-state index in [0.29, 0.717) is 18.4 Å². The maximum absolute atomic E-state index is 12.9. The maximum atomic E-state index is 12.9. The molecule has 3 heterocycles. The molecule has 7 nitrogen and oxygen atoms in total. The summed E-state index contributed by atoms with van der Waals surface area (Å²) in [7, 11) is 0. The summed E-state index contributed by atoms with van der Waals surface area (Å²) >= 11 is 6.06. The first kappa shape index (κ1) is 22.4. The summed E-state index contributed by atoms with van der Waals surface area (Å²) in [6.45, 7) is 5.98. The number of aromatic nitrogens is 2. The van der Waals surface area contributed by atoms with Gasteiger partial charge in [0.05, 0.1) is 16.7 Å². The van der Waals surface area contributed by atoms with Crippen LogP contribution < -0.4 is 10.2 Å². The molecule has 1 saturated heterocycles. The Balaban J connectivity index is 1.84. The number of anilines is 2. The Kier molecular flexibility index (Phi) is 6.01. The van der Waals surface area contributed by atoms with Crippen LogP contribution >= 0.6 is 11.6 Å². The van der Waals surface area contributed by atoms with Crippen LogP contribution in [-0.4, -0.2) is 39.8 Å². The number of aliphatic hydroxyl groups excluding tert-OH is 1. The fourth-order valence-corrected chi connectivity index (χ4v) is 3.42. The van der Waals surface area contributed by atoms with Crippen molar-refractivity contribution in [3.8, 4) is 0 Å². The predicted molar refractivity (Wildman–Crippen MR) is 104 cm³/mol. The molecular weight excluding hydrogens is 425 g/mol. The Morgan fingerprint density at radius 1 is 1.33 bits per heavy atom. The molecule has 2 unspecified atom stereocenters. The number of piperidine rings is 1. The lowest BCUT2D eigenvalue weighted by Gasteiger charge is -2.38. The molecule has 2 aromatic heterocycles. The first-order valence-electron chi connectivity index (χ1n) is 9.32. The van der Waals surface area contributed by atoms with Gasteiger partial charge in [-0.3, -0.25) is 4.79 Å². The summed E-state index contributed by atoms with van der Waals surface area (Å²) < 4.78 is 43.9. The molecule has 0 radical (unpaired) electrons. The van der Waals surface area contributed by atoms with E-state index in [9.17, 15) is 23.1 Å². The molecule has 11 heteroatoms. The highest BCUT2D eigenvalue weighted by atomic mass is 35.5. The minimum atomic E-state index is -4.58. The van der Waals surface area contributed by atoms with Gasteiger partial charge in [-0.15, -0.1) is 0 Å². The van der Waals surface area contributed by atoms with Crippen molar-refractivity contribution in [3.05, 3.63) is 34.7 Å². The van der Waals surface area contributed by atoms with E-state index >= 15 is 0 Å². The van der Waals surface area contributed by atoms with E-state index in [1.807, 2.05) is 20.8 Å². The summed E-state index contributed by atoms with van der Waals surface area (Å²) in [4.78, 5) is 18.2. The van der Waals surface area contributed by atoms with Gasteiger partial charge in [0.2, 0.25) is 5.91 Å². The molecule has 0 spiro atoms. The van der Waals surface area contributed by atoms with Crippen molar-refractivity contribution < 1.29 is 27.6 Å². The number of rotatable bonds is 3. The number of pyridine rings is 1. The molecular formula is C19H22ClF3N4O3. The third-order valence-electron chi connectivity index (χ3n) is 4.80. The smallest absolute Gasteiger partial charge is 0.393 e. The molecule has 164 valence electrons. The topological polar surface area (TPSA) is 91.5 Å². The number of halogens is 4. The van der Waals surface area contributed by atoms with E-state index < -0.39 is 29.8 Å². The molecule has 0 aliphatic carbocycles. The molecule has 30 heavy (non-hydrogen) atoms. The summed E-state index contributed by atoms with van der Waals surface area (Å²) in [6, 6.07) is 1.48. The summed E-state index contributed by atoms with van der Waals surface area (Å²) in [5.74, 6) is 0.328. The van der Waals surface area contributed by atoms with Crippen LogP contribution in [0.25, 0.3) is 0 Å². The van der Waals surface area contributed by atoms with Crippen molar-refractivity contribution >= 4 is 29.1 Å². The second-order valence-electron chi connectivity index (χ2n) is 8.23. The summed E-state index contributed by atoms with van der Waals surface area (Å²) in [6.07, 6.45) is -4.26. The van der Waals surface area contributed by atoms with Crippen LogP contribution in [0.5, 0.6) is 0 Å². The third kappa shape index (κ3) is 4.86. The van der Waals surface area contributed by atoms with Crippen LogP contribution in [-0.2, 0) is 16.4 Å². The Hall–Kier alpha value is -2.33. The largest absolute Gasteiger partial charge is 0.417 e. The standard InChI is InChI=1S/C19H22ClF3N4O3/c1-18(2,3)14-8-15(26-30-14)25-17(29)13-7-11(28)4-5-27(13)16-12(20)6-10(9-24-16)19(21,22)23/h6,8-9,11,13,28H,4-5,7H2,1-3H3,(H,25,26,29). The zero-order valence-corrected chi connectivity index (χ0v) is 17.4. The van der Waals surface area contributed by atoms with E-state index in [1.165, 1.54) is 4.90 Å². The van der Waals surface area contributed by atoms with Gasteiger partial charge in [0.15, 0.2) is 5.82 Å². The molecule has 3 rings (SSSR count). The average Bonchev–Trinajstić information content (AvgIpc) is 3.10. The van der Waals surface area contributed by atoms with Gasteiger partial charge < -0.3 is 19.8 Å². The van der Waals surface area contributed by atoms with Crippen molar-refractivity contribution in [1.82, 2.24) is 10.1 Å². The lowest BCUT2D eigenvalue weighted by molar-refractivity contribution is -0.137. The van der Waals surface area contributed by atoms with Gasteiger partial charge in [0, 0.05) is 30.6 Å². The predicted octanol–water partition coefficient (Wildman–Crippen LogP) is 4.01. The number of carbonyl (C=O) groups excluding carboxylic acids is 1. The number of amides is 1. The molecule has 1 aliphatic rings. The monoisotopic (exact) mass is 446 g/mol. The molecule has 0 aromatic carbocycles. The second-order valence-corrected chi connectivity index (χ2v) is 8.64. The SMILES string of the molecule is CC(C)(C)c1cc(NC(=O)C2CC(O)CCN2c2ncc(C(F)(F)F)cc2Cl)no1. The van der Waals surface area contributed by atoms with Crippen molar-refractivity contribution in [2.24, 2.45) is 0 Å². The van der Waals surface area contributed by atoms with E-state index in [-0.39, 0.29) is 35.0 Å². The van der Waals surface area contributed by atoms with Crippen molar-refractivity contribution in [2.45, 2.75) is 57.3 Å². The Bertz CT molecular complexity index is 926. The quantitative estimate of drug-likeness (QED) is 0.740. The first-order valence-corrected chi connectivity index (χ1v) is 9.69. The number of aliphatic hydroxyl groups is 1. The van der Waals surface area contributed by atoms with Crippen molar-refractivity contribution in [2.75, 3.05) is 16.8 Å². The molecule has 2 aromatic rings. The fraction of sp³-hybridized carbons (Fsp3) is 0.526. The van der Waals surface area contributed by atoms with Gasteiger partial charge >= 0.3 is 6.18 Å². The minimum Gasteiger partial charge on any atom is -0.393 e. The second kappa shape index (κ2) is 8.07. The van der Waals surface area contributed by atoms with Gasteiger partial charge in [-0.05, 0) is 12.5 Å². The number of hydrogen-bond donors (Lipinski definition) is 2. The van der Waals surface area contributed by atoms with Crippen molar-refractivity contribution in [3.63, 3.8) is 0 Å². The van der Waals surface area contributed by atoms with Crippen LogP contribution in [0.3, 0.4) is 0 Å². The molecule has 0 bridgehead atoms. The highest BCUT2D eigenvalue weighted by Gasteiger charge is 2.37. The summed E-state index contributed by atoms with van der Waals surface area (Å²) in [5.41, 5.74) is -1.28. The summed E-state index contributed by atoms with van der Waals surface area (Å²) in [5, 5.41) is 16.3. The third-order valence-corrected chi connectivity index (χ3v) is 5.08. The molecule has 2 atom stereocenters. The zero-order valence-electron chi connectivity index (χ0n) is 16.6. The lowest BCUT2D eigenvalue weighted by atomic mass is 9.93. The highest BCUT2D eigenvalue weighted by molar-refractivity contribution is 6.33.